The highest BCUT2D eigenvalue weighted by Gasteiger charge is 2.17. The highest BCUT2D eigenvalue weighted by atomic mass is 16.5. The number of carbonyl (C=O) groups excluding carboxylic acids is 1. The summed E-state index contributed by atoms with van der Waals surface area (Å²) >= 11 is 0. The third-order valence-corrected chi connectivity index (χ3v) is 3.50. The predicted molar refractivity (Wildman–Crippen MR) is 98.8 cm³/mol. The zero-order valence-electron chi connectivity index (χ0n) is 15.6. The van der Waals surface area contributed by atoms with E-state index in [-0.39, 0.29) is 0 Å². The monoisotopic (exact) mass is 322 g/mol. The average molecular weight is 322 g/mol. The lowest BCUT2D eigenvalue weighted by Gasteiger charge is -2.24. The molecule has 132 valence electrons. The Morgan fingerprint density at radius 1 is 1.04 bits per heavy atom. The molecule has 1 aromatic carbocycles. The number of methoxy groups -OCH3 is 1. The van der Waals surface area contributed by atoms with E-state index in [0.29, 0.717) is 18.1 Å². The van der Waals surface area contributed by atoms with Gasteiger partial charge in [0.05, 0.1) is 7.11 Å². The molecule has 0 unspecified atom stereocenters. The van der Waals surface area contributed by atoms with Gasteiger partial charge in [-0.25, -0.2) is 0 Å². The number of allylic oxidation sites excluding steroid dienone is 2. The molecule has 1 aromatic rings. The van der Waals surface area contributed by atoms with Gasteiger partial charge in [0.1, 0.15) is 5.75 Å². The maximum Gasteiger partial charge on any atom is 0.292 e. The topological polar surface area (TPSA) is 46.5 Å². The SMILES string of the molecule is CC.CC.CC=C1CCC(c2ccc(O)cc2)CC1.COC=O. The van der Waals surface area contributed by atoms with E-state index in [1.807, 2.05) is 27.7 Å². The first kappa shape index (κ1) is 23.5. The molecule has 0 atom stereocenters. The Bertz CT molecular complexity index is 397. The number of aromatic hydroxyl groups is 1. The standard InChI is InChI=1S/C14H18O.C2H4O2.2C2H6/c1-2-11-3-5-12(6-4-11)13-7-9-14(15)10-8-13;1-4-2-3;2*1-2/h2,7-10,12,15H,3-6H2,1H3;2H,1H3;2*1-2H3. The fourth-order valence-corrected chi connectivity index (χ4v) is 2.36. The van der Waals surface area contributed by atoms with E-state index in [1.54, 1.807) is 17.7 Å². The minimum absolute atomic E-state index is 0.365. The summed E-state index contributed by atoms with van der Waals surface area (Å²) in [6.45, 7) is 10.5. The van der Waals surface area contributed by atoms with Crippen molar-refractivity contribution in [2.45, 2.75) is 66.2 Å². The quantitative estimate of drug-likeness (QED) is 0.550. The predicted octanol–water partition coefficient (Wildman–Crippen LogP) is 5.84. The molecule has 0 bridgehead atoms. The summed E-state index contributed by atoms with van der Waals surface area (Å²) < 4.78 is 3.86. The number of carbonyl (C=O) groups is 1. The van der Waals surface area contributed by atoms with Gasteiger partial charge in [0.25, 0.3) is 6.47 Å². The van der Waals surface area contributed by atoms with Crippen LogP contribution in [0.5, 0.6) is 5.75 Å². The Kier molecular flexibility index (Phi) is 17.0. The van der Waals surface area contributed by atoms with Crippen molar-refractivity contribution in [3.05, 3.63) is 41.5 Å². The van der Waals surface area contributed by atoms with Gasteiger partial charge in [-0.3, -0.25) is 4.79 Å². The molecular weight excluding hydrogens is 288 g/mol. The number of phenols is 1. The summed E-state index contributed by atoms with van der Waals surface area (Å²) in [4.78, 5) is 8.95. The van der Waals surface area contributed by atoms with Gasteiger partial charge in [-0.15, -0.1) is 0 Å². The van der Waals surface area contributed by atoms with E-state index in [1.165, 1.54) is 38.4 Å². The number of rotatable bonds is 2. The first-order valence-corrected chi connectivity index (χ1v) is 8.60. The number of phenolic OH excluding ortho intramolecular Hbond substituents is 1. The molecule has 1 aliphatic rings. The van der Waals surface area contributed by atoms with Crippen LogP contribution in [0.2, 0.25) is 0 Å². The van der Waals surface area contributed by atoms with Crippen LogP contribution in [0.25, 0.3) is 0 Å². The Hall–Kier alpha value is -1.77. The number of hydrogen-bond acceptors (Lipinski definition) is 3. The Morgan fingerprint density at radius 2 is 1.48 bits per heavy atom. The van der Waals surface area contributed by atoms with Gasteiger partial charge in [0.15, 0.2) is 0 Å². The van der Waals surface area contributed by atoms with Gasteiger partial charge < -0.3 is 9.84 Å². The van der Waals surface area contributed by atoms with E-state index in [2.05, 4.69) is 29.9 Å². The summed E-state index contributed by atoms with van der Waals surface area (Å²) in [7, 11) is 1.31. The normalized spacial score (nSPS) is 15.4. The molecule has 1 fully saturated rings. The van der Waals surface area contributed by atoms with Crippen LogP contribution in [0.15, 0.2) is 35.9 Å². The summed E-state index contributed by atoms with van der Waals surface area (Å²) in [6, 6.07) is 7.70. The maximum absolute atomic E-state index is 9.23. The molecule has 1 N–H and O–H groups in total. The molecule has 2 rings (SSSR count). The summed E-state index contributed by atoms with van der Waals surface area (Å²) in [6.07, 6.45) is 7.24. The van der Waals surface area contributed by atoms with Crippen molar-refractivity contribution in [3.63, 3.8) is 0 Å². The number of ether oxygens (including phenoxy) is 1. The Morgan fingerprint density at radius 3 is 1.83 bits per heavy atom. The van der Waals surface area contributed by atoms with Crippen molar-refractivity contribution in [2.75, 3.05) is 7.11 Å². The van der Waals surface area contributed by atoms with Crippen LogP contribution < -0.4 is 0 Å². The van der Waals surface area contributed by atoms with Crippen LogP contribution in [-0.4, -0.2) is 18.7 Å². The fourth-order valence-electron chi connectivity index (χ4n) is 2.36. The lowest BCUT2D eigenvalue weighted by molar-refractivity contribution is -0.126. The van der Waals surface area contributed by atoms with Crippen molar-refractivity contribution in [1.82, 2.24) is 0 Å². The van der Waals surface area contributed by atoms with E-state index >= 15 is 0 Å². The second kappa shape index (κ2) is 16.6. The molecule has 0 aromatic heterocycles. The minimum Gasteiger partial charge on any atom is -0.508 e. The molecule has 0 heterocycles. The van der Waals surface area contributed by atoms with Crippen LogP contribution in [0, 0.1) is 0 Å². The summed E-state index contributed by atoms with van der Waals surface area (Å²) in [5, 5.41) is 9.23. The highest BCUT2D eigenvalue weighted by Crippen LogP contribution is 2.35. The van der Waals surface area contributed by atoms with Crippen molar-refractivity contribution < 1.29 is 14.6 Å². The van der Waals surface area contributed by atoms with E-state index in [9.17, 15) is 5.11 Å². The van der Waals surface area contributed by atoms with Crippen molar-refractivity contribution in [2.24, 2.45) is 0 Å². The van der Waals surface area contributed by atoms with Crippen LogP contribution >= 0.6 is 0 Å². The van der Waals surface area contributed by atoms with Crippen LogP contribution in [-0.2, 0) is 9.53 Å². The lowest BCUT2D eigenvalue weighted by atomic mass is 9.81. The van der Waals surface area contributed by atoms with Crippen molar-refractivity contribution in [1.29, 1.82) is 0 Å². The molecule has 1 aliphatic carbocycles. The van der Waals surface area contributed by atoms with Gasteiger partial charge in [0.2, 0.25) is 0 Å². The molecule has 3 heteroatoms. The molecule has 0 amide bonds. The van der Waals surface area contributed by atoms with Crippen LogP contribution in [0.4, 0.5) is 0 Å². The first-order valence-electron chi connectivity index (χ1n) is 8.60. The number of hydrogen-bond donors (Lipinski definition) is 1. The molecule has 0 radical (unpaired) electrons. The summed E-state index contributed by atoms with van der Waals surface area (Å²) in [5.41, 5.74) is 2.98. The highest BCUT2D eigenvalue weighted by molar-refractivity contribution is 5.36. The molecule has 1 saturated carbocycles. The molecular formula is C20H34O3. The smallest absolute Gasteiger partial charge is 0.292 e. The van der Waals surface area contributed by atoms with E-state index in [4.69, 9.17) is 4.79 Å². The molecule has 0 spiro atoms. The van der Waals surface area contributed by atoms with Gasteiger partial charge in [-0.2, -0.15) is 0 Å². The van der Waals surface area contributed by atoms with Crippen molar-refractivity contribution >= 4 is 6.47 Å². The Labute approximate surface area is 142 Å². The largest absolute Gasteiger partial charge is 0.508 e. The minimum atomic E-state index is 0.365. The maximum atomic E-state index is 9.23. The van der Waals surface area contributed by atoms with Gasteiger partial charge in [-0.1, -0.05) is 51.5 Å². The van der Waals surface area contributed by atoms with Gasteiger partial charge in [0, 0.05) is 0 Å². The first-order chi connectivity index (χ1) is 11.2. The zero-order valence-corrected chi connectivity index (χ0v) is 15.6. The molecule has 0 saturated heterocycles. The second-order valence-corrected chi connectivity index (χ2v) is 4.64. The number of benzene rings is 1. The van der Waals surface area contributed by atoms with Crippen LogP contribution in [0.1, 0.15) is 71.8 Å². The molecule has 23 heavy (non-hydrogen) atoms. The zero-order chi connectivity index (χ0) is 18.1. The molecule has 3 nitrogen and oxygen atoms in total. The third kappa shape index (κ3) is 10.6. The van der Waals surface area contributed by atoms with Gasteiger partial charge >= 0.3 is 0 Å². The fraction of sp³-hybridized carbons (Fsp3) is 0.550. The van der Waals surface area contributed by atoms with E-state index < -0.39 is 0 Å². The third-order valence-electron chi connectivity index (χ3n) is 3.50. The van der Waals surface area contributed by atoms with E-state index in [0.717, 1.165) is 0 Å². The van der Waals surface area contributed by atoms with Crippen molar-refractivity contribution in [3.8, 4) is 5.75 Å². The molecule has 0 aliphatic heterocycles. The average Bonchev–Trinajstić information content (AvgIpc) is 2.66. The summed E-state index contributed by atoms with van der Waals surface area (Å²) in [5.74, 6) is 1.05. The lowest BCUT2D eigenvalue weighted by Crippen LogP contribution is -2.06. The van der Waals surface area contributed by atoms with Gasteiger partial charge in [-0.05, 0) is 56.2 Å². The van der Waals surface area contributed by atoms with Crippen LogP contribution in [0.3, 0.4) is 0 Å². The Balaban J connectivity index is 0. The second-order valence-electron chi connectivity index (χ2n) is 4.64.